The Kier molecular flexibility index (Phi) is 4.27. The van der Waals surface area contributed by atoms with Gasteiger partial charge in [0.1, 0.15) is 11.3 Å². The quantitative estimate of drug-likeness (QED) is 0.434. The molecule has 2 N–H and O–H groups in total. The van der Waals surface area contributed by atoms with Gasteiger partial charge >= 0.3 is 5.97 Å². The highest BCUT2D eigenvalue weighted by Gasteiger charge is 2.21. The summed E-state index contributed by atoms with van der Waals surface area (Å²) in [4.78, 5) is 15.7. The number of aromatic amines is 1. The van der Waals surface area contributed by atoms with Crippen molar-refractivity contribution in [3.63, 3.8) is 0 Å². The molecule has 0 amide bonds. The van der Waals surface area contributed by atoms with E-state index in [2.05, 4.69) is 28.5 Å². The zero-order chi connectivity index (χ0) is 17.9. The topological polar surface area (TPSA) is 65.6 Å². The number of rotatable bonds is 5. The molecule has 0 radical (unpaired) electrons. The fourth-order valence-electron chi connectivity index (χ4n) is 3.15. The summed E-state index contributed by atoms with van der Waals surface area (Å²) in [6.45, 7) is 2.60. The van der Waals surface area contributed by atoms with Gasteiger partial charge in [-0.05, 0) is 36.6 Å². The summed E-state index contributed by atoms with van der Waals surface area (Å²) in [7, 11) is 0. The SMILES string of the molecule is CCOC(=O)c1c[nH+]c2c(ccc3ccccc32)c1NCc1ccco1. The van der Waals surface area contributed by atoms with Crippen LogP contribution in [0.4, 0.5) is 5.69 Å². The third-order valence-corrected chi connectivity index (χ3v) is 4.34. The Morgan fingerprint density at radius 3 is 2.81 bits per heavy atom. The third-order valence-electron chi connectivity index (χ3n) is 4.34. The maximum absolute atomic E-state index is 12.4. The highest BCUT2D eigenvalue weighted by atomic mass is 16.5. The Labute approximate surface area is 150 Å². The Bertz CT molecular complexity index is 1070. The fraction of sp³-hybridized carbons (Fsp3) is 0.143. The molecule has 0 aliphatic heterocycles. The molecule has 0 spiro atoms. The molecule has 0 bridgehead atoms. The van der Waals surface area contributed by atoms with Gasteiger partial charge in [-0.1, -0.05) is 24.3 Å². The molecule has 0 fully saturated rings. The van der Waals surface area contributed by atoms with Crippen LogP contribution < -0.4 is 10.3 Å². The molecule has 5 nitrogen and oxygen atoms in total. The lowest BCUT2D eigenvalue weighted by Gasteiger charge is -2.11. The largest absolute Gasteiger partial charge is 0.467 e. The predicted molar refractivity (Wildman–Crippen MR) is 100 cm³/mol. The molecule has 0 aliphatic rings. The number of nitrogens with one attached hydrogen (secondary N) is 2. The van der Waals surface area contributed by atoms with Gasteiger partial charge in [0, 0.05) is 0 Å². The second-order valence-electron chi connectivity index (χ2n) is 5.94. The van der Waals surface area contributed by atoms with Crippen LogP contribution in [-0.4, -0.2) is 12.6 Å². The number of fused-ring (bicyclic) bond motifs is 3. The molecule has 4 aromatic rings. The Balaban J connectivity index is 1.88. The lowest BCUT2D eigenvalue weighted by atomic mass is 10.0. The molecule has 5 heteroatoms. The minimum absolute atomic E-state index is 0.326. The van der Waals surface area contributed by atoms with Crippen LogP contribution in [0.3, 0.4) is 0 Å². The number of hydrogen-bond acceptors (Lipinski definition) is 4. The van der Waals surface area contributed by atoms with Gasteiger partial charge in [0.2, 0.25) is 5.52 Å². The number of ether oxygens (including phenoxy) is 1. The summed E-state index contributed by atoms with van der Waals surface area (Å²) in [5, 5.41) is 6.51. The first kappa shape index (κ1) is 16.1. The molecular weight excluding hydrogens is 328 g/mol. The van der Waals surface area contributed by atoms with Crippen molar-refractivity contribution in [2.24, 2.45) is 0 Å². The van der Waals surface area contributed by atoms with Crippen molar-refractivity contribution in [2.75, 3.05) is 11.9 Å². The van der Waals surface area contributed by atoms with Crippen LogP contribution in [0.5, 0.6) is 0 Å². The second kappa shape index (κ2) is 6.88. The molecule has 0 unspecified atom stereocenters. The number of pyridine rings is 1. The van der Waals surface area contributed by atoms with Gasteiger partial charge in [-0.15, -0.1) is 0 Å². The summed E-state index contributed by atoms with van der Waals surface area (Å²) in [5.41, 5.74) is 2.18. The standard InChI is InChI=1S/C21H18N2O3/c1-2-25-21(24)18-13-23-19-16-8-4-3-6-14(16)9-10-17(19)20(18)22-12-15-7-5-11-26-15/h3-11,13H,2,12H2,1H3,(H,22,23)/p+1. The number of anilines is 1. The number of furan rings is 1. The normalized spacial score (nSPS) is 11.0. The molecule has 26 heavy (non-hydrogen) atoms. The maximum atomic E-state index is 12.4. The van der Waals surface area contributed by atoms with Crippen molar-refractivity contribution >= 4 is 33.3 Å². The lowest BCUT2D eigenvalue weighted by Crippen LogP contribution is -2.16. The first-order valence-electron chi connectivity index (χ1n) is 8.57. The van der Waals surface area contributed by atoms with E-state index in [4.69, 9.17) is 9.15 Å². The first-order valence-corrected chi connectivity index (χ1v) is 8.57. The number of carbonyl (C=O) groups is 1. The van der Waals surface area contributed by atoms with Crippen LogP contribution in [0, 0.1) is 0 Å². The third kappa shape index (κ3) is 2.88. The average molecular weight is 347 g/mol. The van der Waals surface area contributed by atoms with E-state index < -0.39 is 0 Å². The van der Waals surface area contributed by atoms with Crippen molar-refractivity contribution < 1.29 is 18.9 Å². The van der Waals surface area contributed by atoms with Gasteiger partial charge in [-0.3, -0.25) is 0 Å². The number of hydrogen-bond donors (Lipinski definition) is 1. The van der Waals surface area contributed by atoms with E-state index in [1.165, 1.54) is 0 Å². The highest BCUT2D eigenvalue weighted by molar-refractivity contribution is 6.11. The molecule has 130 valence electrons. The van der Waals surface area contributed by atoms with E-state index in [0.29, 0.717) is 18.7 Å². The molecule has 0 saturated carbocycles. The first-order chi connectivity index (χ1) is 12.8. The minimum atomic E-state index is -0.360. The molecule has 2 aromatic carbocycles. The minimum Gasteiger partial charge on any atom is -0.467 e. The van der Waals surface area contributed by atoms with Crippen LogP contribution in [0.25, 0.3) is 21.7 Å². The van der Waals surface area contributed by atoms with Gasteiger partial charge in [0.15, 0.2) is 6.20 Å². The van der Waals surface area contributed by atoms with Crippen molar-refractivity contribution in [1.29, 1.82) is 0 Å². The predicted octanol–water partition coefficient (Wildman–Crippen LogP) is 4.19. The van der Waals surface area contributed by atoms with Gasteiger partial charge in [0.25, 0.3) is 0 Å². The summed E-state index contributed by atoms with van der Waals surface area (Å²) in [5.74, 6) is 0.433. The highest BCUT2D eigenvalue weighted by Crippen LogP contribution is 2.30. The van der Waals surface area contributed by atoms with E-state index in [0.717, 1.165) is 33.1 Å². The van der Waals surface area contributed by atoms with Gasteiger partial charge in [-0.2, -0.15) is 0 Å². The molecule has 0 atom stereocenters. The van der Waals surface area contributed by atoms with Gasteiger partial charge in [0.05, 0.1) is 35.9 Å². The summed E-state index contributed by atoms with van der Waals surface area (Å²) >= 11 is 0. The number of carbonyl (C=O) groups excluding carboxylic acids is 1. The summed E-state index contributed by atoms with van der Waals surface area (Å²) in [6, 6.07) is 16.0. The van der Waals surface area contributed by atoms with Crippen LogP contribution in [0.1, 0.15) is 23.0 Å². The van der Waals surface area contributed by atoms with Crippen molar-refractivity contribution in [1.82, 2.24) is 0 Å². The Morgan fingerprint density at radius 2 is 2.00 bits per heavy atom. The van der Waals surface area contributed by atoms with Gasteiger partial charge < -0.3 is 14.5 Å². The smallest absolute Gasteiger partial charge is 0.346 e. The monoisotopic (exact) mass is 347 g/mol. The van der Waals surface area contributed by atoms with Crippen LogP contribution in [0.15, 0.2) is 65.4 Å². The van der Waals surface area contributed by atoms with Crippen molar-refractivity contribution in [3.8, 4) is 0 Å². The van der Waals surface area contributed by atoms with Crippen LogP contribution in [0.2, 0.25) is 0 Å². The second-order valence-corrected chi connectivity index (χ2v) is 5.94. The number of aromatic nitrogens is 1. The zero-order valence-electron chi connectivity index (χ0n) is 14.4. The Hall–Kier alpha value is -3.34. The van der Waals surface area contributed by atoms with Gasteiger partial charge in [-0.25, -0.2) is 9.78 Å². The van der Waals surface area contributed by atoms with E-state index >= 15 is 0 Å². The Morgan fingerprint density at radius 1 is 1.12 bits per heavy atom. The van der Waals surface area contributed by atoms with E-state index in [1.807, 2.05) is 30.3 Å². The molecule has 2 aromatic heterocycles. The van der Waals surface area contributed by atoms with E-state index in [1.54, 1.807) is 19.4 Å². The van der Waals surface area contributed by atoms with Crippen molar-refractivity contribution in [2.45, 2.75) is 13.5 Å². The maximum Gasteiger partial charge on any atom is 0.346 e. The number of benzene rings is 2. The molecule has 4 rings (SSSR count). The molecular formula is C21H19N2O3+. The average Bonchev–Trinajstić information content (AvgIpc) is 3.19. The van der Waals surface area contributed by atoms with E-state index in [-0.39, 0.29) is 5.97 Å². The molecule has 0 saturated heterocycles. The number of H-pyrrole nitrogens is 1. The fourth-order valence-corrected chi connectivity index (χ4v) is 3.15. The van der Waals surface area contributed by atoms with E-state index in [9.17, 15) is 4.79 Å². The van der Waals surface area contributed by atoms with Crippen molar-refractivity contribution in [3.05, 3.63) is 72.3 Å². The molecule has 2 heterocycles. The van der Waals surface area contributed by atoms with Crippen LogP contribution in [-0.2, 0) is 11.3 Å². The zero-order valence-corrected chi connectivity index (χ0v) is 14.4. The number of esters is 1. The lowest BCUT2D eigenvalue weighted by molar-refractivity contribution is -0.343. The van der Waals surface area contributed by atoms with Crippen LogP contribution >= 0.6 is 0 Å². The summed E-state index contributed by atoms with van der Waals surface area (Å²) < 4.78 is 10.6. The molecule has 0 aliphatic carbocycles. The summed E-state index contributed by atoms with van der Waals surface area (Å²) in [6.07, 6.45) is 3.34.